The van der Waals surface area contributed by atoms with Crippen molar-refractivity contribution in [2.24, 2.45) is 11.8 Å². The van der Waals surface area contributed by atoms with E-state index in [0.717, 1.165) is 46.7 Å². The van der Waals surface area contributed by atoms with Gasteiger partial charge in [-0.25, -0.2) is 18.7 Å². The number of aromatic amines is 1. The normalized spacial score (nSPS) is 22.0. The number of H-pyrrole nitrogens is 1. The Balaban J connectivity index is 1.08. The van der Waals surface area contributed by atoms with Gasteiger partial charge in [-0.1, -0.05) is 17.7 Å². The molecule has 2 aliphatic rings. The van der Waals surface area contributed by atoms with Gasteiger partial charge >= 0.3 is 5.97 Å². The highest BCUT2D eigenvalue weighted by Gasteiger charge is 2.49. The van der Waals surface area contributed by atoms with Crippen LogP contribution in [0.2, 0.25) is 5.02 Å². The maximum Gasteiger partial charge on any atom is 0.343 e. The Hall–Kier alpha value is -4.18. The standard InChI is InChI=1S/C30H28ClFN6O3/c1-3-40-20-9-21(27-22-13-34-35-28(22)36-38(27)16-20)17-7-8-25(33-12-17)37-14-18-10-30(2,11-19(18)15-37)41-29(39)26-23(31)5-4-6-24(26)32/h4-9,12-13,16,18-19H,3,10-11,14-15H2,1-2H3,(H,35,36)/t18-,19+,30?. The van der Waals surface area contributed by atoms with E-state index in [1.165, 1.54) is 18.2 Å². The first kappa shape index (κ1) is 25.8. The van der Waals surface area contributed by atoms with E-state index in [1.54, 1.807) is 6.20 Å². The molecule has 1 aromatic carbocycles. The maximum absolute atomic E-state index is 14.3. The fraction of sp³-hybridized carbons (Fsp3) is 0.333. The fourth-order valence-electron chi connectivity index (χ4n) is 6.57. The van der Waals surface area contributed by atoms with Crippen LogP contribution < -0.4 is 9.64 Å². The first-order valence-corrected chi connectivity index (χ1v) is 14.1. The monoisotopic (exact) mass is 574 g/mol. The van der Waals surface area contributed by atoms with E-state index in [0.29, 0.717) is 36.9 Å². The van der Waals surface area contributed by atoms with Crippen molar-refractivity contribution in [2.45, 2.75) is 32.3 Å². The van der Waals surface area contributed by atoms with Crippen LogP contribution in [0.1, 0.15) is 37.0 Å². The molecule has 1 saturated carbocycles. The molecule has 1 unspecified atom stereocenters. The van der Waals surface area contributed by atoms with Crippen molar-refractivity contribution in [3.8, 4) is 16.9 Å². The third kappa shape index (κ3) is 4.46. The molecule has 1 aliphatic carbocycles. The smallest absolute Gasteiger partial charge is 0.343 e. The third-order valence-corrected chi connectivity index (χ3v) is 8.58. The second kappa shape index (κ2) is 9.73. The van der Waals surface area contributed by atoms with E-state index in [-0.39, 0.29) is 10.6 Å². The lowest BCUT2D eigenvalue weighted by Gasteiger charge is -2.28. The molecule has 0 bridgehead atoms. The fourth-order valence-corrected chi connectivity index (χ4v) is 6.81. The molecule has 0 spiro atoms. The summed E-state index contributed by atoms with van der Waals surface area (Å²) in [4.78, 5) is 19.9. The molecule has 2 fully saturated rings. The molecule has 0 amide bonds. The molecule has 11 heteroatoms. The summed E-state index contributed by atoms with van der Waals surface area (Å²) in [5.74, 6) is 0.934. The van der Waals surface area contributed by atoms with Gasteiger partial charge in [0.1, 0.15) is 28.5 Å². The van der Waals surface area contributed by atoms with Gasteiger partial charge in [-0.2, -0.15) is 5.10 Å². The summed E-state index contributed by atoms with van der Waals surface area (Å²) in [6, 6.07) is 10.3. The molecule has 0 radical (unpaired) electrons. The Bertz CT molecular complexity index is 1750. The Morgan fingerprint density at radius 1 is 1.20 bits per heavy atom. The van der Waals surface area contributed by atoms with E-state index >= 15 is 0 Å². The Morgan fingerprint density at radius 3 is 2.71 bits per heavy atom. The minimum Gasteiger partial charge on any atom is -0.492 e. The average molecular weight is 575 g/mol. The van der Waals surface area contributed by atoms with Crippen LogP contribution in [-0.2, 0) is 4.74 Å². The summed E-state index contributed by atoms with van der Waals surface area (Å²) in [7, 11) is 0. The number of carbonyl (C=O) groups excluding carboxylic acids is 1. The van der Waals surface area contributed by atoms with Crippen molar-refractivity contribution in [2.75, 3.05) is 24.6 Å². The number of rotatable bonds is 6. The van der Waals surface area contributed by atoms with Gasteiger partial charge in [0.15, 0.2) is 5.65 Å². The Morgan fingerprint density at radius 2 is 2.00 bits per heavy atom. The summed E-state index contributed by atoms with van der Waals surface area (Å²) < 4.78 is 27.7. The maximum atomic E-state index is 14.3. The molecule has 1 saturated heterocycles. The minimum absolute atomic E-state index is 0.0604. The number of carbonyl (C=O) groups is 1. The van der Waals surface area contributed by atoms with E-state index in [9.17, 15) is 9.18 Å². The van der Waals surface area contributed by atoms with Crippen LogP contribution in [0.5, 0.6) is 5.75 Å². The van der Waals surface area contributed by atoms with Crippen LogP contribution in [0.3, 0.4) is 0 Å². The second-order valence-electron chi connectivity index (χ2n) is 11.1. The predicted molar refractivity (Wildman–Crippen MR) is 153 cm³/mol. The summed E-state index contributed by atoms with van der Waals surface area (Å²) in [6.45, 7) is 6.06. The van der Waals surface area contributed by atoms with Crippen LogP contribution in [0.25, 0.3) is 27.7 Å². The predicted octanol–water partition coefficient (Wildman–Crippen LogP) is 5.93. The molecular formula is C30H28ClFN6O3. The van der Waals surface area contributed by atoms with Gasteiger partial charge in [0.25, 0.3) is 0 Å². The lowest BCUT2D eigenvalue weighted by Crippen LogP contribution is -2.32. The molecule has 9 nitrogen and oxygen atoms in total. The number of pyridine rings is 2. The zero-order valence-corrected chi connectivity index (χ0v) is 23.4. The highest BCUT2D eigenvalue weighted by molar-refractivity contribution is 6.33. The number of hydrogen-bond acceptors (Lipinski definition) is 7. The van der Waals surface area contributed by atoms with Crippen LogP contribution >= 0.6 is 11.6 Å². The quantitative estimate of drug-likeness (QED) is 0.251. The highest BCUT2D eigenvalue weighted by Crippen LogP contribution is 2.47. The van der Waals surface area contributed by atoms with Gasteiger partial charge in [0.05, 0.1) is 34.9 Å². The van der Waals surface area contributed by atoms with Crippen LogP contribution in [-0.4, -0.2) is 56.1 Å². The van der Waals surface area contributed by atoms with Gasteiger partial charge in [0, 0.05) is 30.4 Å². The summed E-state index contributed by atoms with van der Waals surface area (Å²) in [6.07, 6.45) is 6.94. The van der Waals surface area contributed by atoms with Gasteiger partial charge in [0.2, 0.25) is 0 Å². The van der Waals surface area contributed by atoms with E-state index in [1.807, 2.05) is 42.9 Å². The van der Waals surface area contributed by atoms with Gasteiger partial charge < -0.3 is 14.4 Å². The summed E-state index contributed by atoms with van der Waals surface area (Å²) in [5, 5.41) is 12.7. The summed E-state index contributed by atoms with van der Waals surface area (Å²) >= 11 is 6.08. The number of hydrogen-bond donors (Lipinski definition) is 1. The molecular weight excluding hydrogens is 547 g/mol. The van der Waals surface area contributed by atoms with Crippen molar-refractivity contribution >= 4 is 39.9 Å². The first-order valence-electron chi connectivity index (χ1n) is 13.7. The minimum atomic E-state index is -0.710. The number of nitrogens with zero attached hydrogens (tertiary/aromatic N) is 5. The zero-order valence-electron chi connectivity index (χ0n) is 22.6. The lowest BCUT2D eigenvalue weighted by atomic mass is 10.0. The highest BCUT2D eigenvalue weighted by atomic mass is 35.5. The van der Waals surface area contributed by atoms with Gasteiger partial charge in [-0.3, -0.25) is 5.10 Å². The number of esters is 1. The molecule has 4 aromatic heterocycles. The number of benzene rings is 1. The third-order valence-electron chi connectivity index (χ3n) is 8.27. The first-order chi connectivity index (χ1) is 19.8. The van der Waals surface area contributed by atoms with Crippen molar-refractivity contribution in [3.63, 3.8) is 0 Å². The van der Waals surface area contributed by atoms with Gasteiger partial charge in [-0.15, -0.1) is 5.10 Å². The number of halogens is 2. The van der Waals surface area contributed by atoms with Crippen LogP contribution in [0.15, 0.2) is 55.0 Å². The van der Waals surface area contributed by atoms with Crippen LogP contribution in [0, 0.1) is 17.7 Å². The number of nitrogens with one attached hydrogen (secondary N) is 1. The van der Waals surface area contributed by atoms with Crippen molar-refractivity contribution < 1.29 is 18.7 Å². The molecule has 1 aliphatic heterocycles. The molecule has 5 aromatic rings. The Labute approximate surface area is 240 Å². The van der Waals surface area contributed by atoms with E-state index in [4.69, 9.17) is 26.1 Å². The molecule has 210 valence electrons. The SMILES string of the molecule is CCOc1cc(-c2ccc(N3C[C@@H]4CC(C)(OC(=O)c5c(F)cccc5Cl)C[C@@H]4C3)nc2)c2c3cn[nH]c3nn2c1. The number of fused-ring (bicyclic) bond motifs is 4. The second-order valence-corrected chi connectivity index (χ2v) is 11.5. The summed E-state index contributed by atoms with van der Waals surface area (Å²) in [5.41, 5.74) is 2.70. The molecule has 3 atom stereocenters. The number of anilines is 1. The molecule has 5 heterocycles. The van der Waals surface area contributed by atoms with Crippen LogP contribution in [0.4, 0.5) is 10.2 Å². The largest absolute Gasteiger partial charge is 0.492 e. The van der Waals surface area contributed by atoms with E-state index < -0.39 is 17.4 Å². The average Bonchev–Trinajstić information content (AvgIpc) is 3.68. The number of ether oxygens (including phenoxy) is 2. The molecule has 7 rings (SSSR count). The number of aromatic nitrogens is 5. The van der Waals surface area contributed by atoms with Crippen molar-refractivity contribution in [3.05, 3.63) is 71.4 Å². The molecule has 41 heavy (non-hydrogen) atoms. The molecule has 1 N–H and O–H groups in total. The van der Waals surface area contributed by atoms with Crippen molar-refractivity contribution in [1.29, 1.82) is 0 Å². The van der Waals surface area contributed by atoms with E-state index in [2.05, 4.69) is 26.3 Å². The van der Waals surface area contributed by atoms with Gasteiger partial charge in [-0.05, 0) is 68.9 Å². The topological polar surface area (TPSA) is 97.6 Å². The lowest BCUT2D eigenvalue weighted by molar-refractivity contribution is -0.00970. The zero-order chi connectivity index (χ0) is 28.3. The Kier molecular flexibility index (Phi) is 6.11. The van der Waals surface area contributed by atoms with Crippen molar-refractivity contribution in [1.82, 2.24) is 24.8 Å².